The van der Waals surface area contributed by atoms with Crippen LogP contribution in [-0.2, 0) is 0 Å². The van der Waals surface area contributed by atoms with Gasteiger partial charge in [-0.05, 0) is 25.0 Å². The summed E-state index contributed by atoms with van der Waals surface area (Å²) in [6.45, 7) is 6.03. The van der Waals surface area contributed by atoms with Gasteiger partial charge in [-0.2, -0.15) is 0 Å². The van der Waals surface area contributed by atoms with E-state index in [-0.39, 0.29) is 0 Å². The van der Waals surface area contributed by atoms with Crippen molar-refractivity contribution in [3.05, 3.63) is 28.0 Å². The lowest BCUT2D eigenvalue weighted by Crippen LogP contribution is -2.56. The molecule has 2 unspecified atom stereocenters. The molecule has 0 aliphatic carbocycles. The van der Waals surface area contributed by atoms with Gasteiger partial charge in [0.15, 0.2) is 0 Å². The summed E-state index contributed by atoms with van der Waals surface area (Å²) >= 11 is 12.4. The monoisotopic (exact) mass is 304 g/mol. The maximum atomic E-state index is 13.3. The number of anilines is 1. The molecule has 1 aromatic carbocycles. The molecule has 106 valence electrons. The Labute approximate surface area is 123 Å². The van der Waals surface area contributed by atoms with Crippen LogP contribution in [0.2, 0.25) is 10.0 Å². The van der Waals surface area contributed by atoms with Crippen LogP contribution in [0.1, 0.15) is 26.7 Å². The first kappa shape index (κ1) is 14.9. The molecule has 0 amide bonds. The van der Waals surface area contributed by atoms with Crippen LogP contribution in [0.5, 0.6) is 0 Å². The molecule has 2 atom stereocenters. The van der Waals surface area contributed by atoms with Gasteiger partial charge in [0.25, 0.3) is 0 Å². The predicted molar refractivity (Wildman–Crippen MR) is 79.9 cm³/mol. The van der Waals surface area contributed by atoms with Crippen molar-refractivity contribution in [3.8, 4) is 0 Å². The number of nitrogens with zero attached hydrogens (tertiary/aromatic N) is 1. The van der Waals surface area contributed by atoms with E-state index < -0.39 is 5.82 Å². The van der Waals surface area contributed by atoms with Crippen molar-refractivity contribution in [2.45, 2.75) is 38.8 Å². The highest BCUT2D eigenvalue weighted by Crippen LogP contribution is 2.37. The molecule has 1 fully saturated rings. The predicted octanol–water partition coefficient (Wildman–Crippen LogP) is 4.10. The van der Waals surface area contributed by atoms with E-state index in [1.54, 1.807) is 0 Å². The first-order valence-corrected chi connectivity index (χ1v) is 7.47. The number of halogens is 3. The SMILES string of the molecule is CCC1CN(c2c(Cl)cc(F)cc2Cl)C(CC)CN1. The molecule has 1 aliphatic heterocycles. The lowest BCUT2D eigenvalue weighted by atomic mass is 10.0. The number of rotatable bonds is 3. The Morgan fingerprint density at radius 3 is 2.42 bits per heavy atom. The third-order valence-electron chi connectivity index (χ3n) is 3.73. The van der Waals surface area contributed by atoms with Crippen molar-refractivity contribution in [1.29, 1.82) is 0 Å². The molecule has 1 saturated heterocycles. The molecule has 2 nitrogen and oxygen atoms in total. The lowest BCUT2D eigenvalue weighted by molar-refractivity contribution is 0.379. The third kappa shape index (κ3) is 3.15. The highest BCUT2D eigenvalue weighted by Gasteiger charge is 2.29. The average Bonchev–Trinajstić information content (AvgIpc) is 2.37. The van der Waals surface area contributed by atoms with Crippen LogP contribution in [0.4, 0.5) is 10.1 Å². The molecule has 0 bridgehead atoms. The molecule has 19 heavy (non-hydrogen) atoms. The van der Waals surface area contributed by atoms with Crippen LogP contribution in [0.15, 0.2) is 12.1 Å². The fraction of sp³-hybridized carbons (Fsp3) is 0.571. The summed E-state index contributed by atoms with van der Waals surface area (Å²) in [5.41, 5.74) is 0.761. The van der Waals surface area contributed by atoms with E-state index in [1.807, 2.05) is 0 Å². The van der Waals surface area contributed by atoms with Crippen molar-refractivity contribution < 1.29 is 4.39 Å². The quantitative estimate of drug-likeness (QED) is 0.904. The Kier molecular flexibility index (Phi) is 4.93. The summed E-state index contributed by atoms with van der Waals surface area (Å²) in [5.74, 6) is -0.394. The molecule has 1 aromatic rings. The van der Waals surface area contributed by atoms with Gasteiger partial charge in [0, 0.05) is 25.2 Å². The number of hydrogen-bond acceptors (Lipinski definition) is 2. The number of hydrogen-bond donors (Lipinski definition) is 1. The Morgan fingerprint density at radius 1 is 1.26 bits per heavy atom. The molecule has 0 spiro atoms. The van der Waals surface area contributed by atoms with Crippen molar-refractivity contribution >= 4 is 28.9 Å². The maximum Gasteiger partial charge on any atom is 0.126 e. The molecule has 1 heterocycles. The van der Waals surface area contributed by atoms with E-state index in [0.717, 1.165) is 31.6 Å². The summed E-state index contributed by atoms with van der Waals surface area (Å²) in [7, 11) is 0. The van der Waals surface area contributed by atoms with Crippen LogP contribution in [-0.4, -0.2) is 25.2 Å². The summed E-state index contributed by atoms with van der Waals surface area (Å²) < 4.78 is 13.3. The van der Waals surface area contributed by atoms with Crippen molar-refractivity contribution in [2.24, 2.45) is 0 Å². The van der Waals surface area contributed by atoms with E-state index in [4.69, 9.17) is 23.2 Å². The van der Waals surface area contributed by atoms with Crippen LogP contribution in [0, 0.1) is 5.82 Å². The normalized spacial score (nSPS) is 23.7. The second kappa shape index (κ2) is 6.29. The zero-order valence-electron chi connectivity index (χ0n) is 11.2. The first-order chi connectivity index (χ1) is 9.06. The highest BCUT2D eigenvalue weighted by molar-refractivity contribution is 6.39. The van der Waals surface area contributed by atoms with Crippen LogP contribution < -0.4 is 10.2 Å². The Balaban J connectivity index is 2.36. The fourth-order valence-corrected chi connectivity index (χ4v) is 3.26. The maximum absolute atomic E-state index is 13.3. The van der Waals surface area contributed by atoms with Gasteiger partial charge in [-0.15, -0.1) is 0 Å². The van der Waals surface area contributed by atoms with Gasteiger partial charge in [0.1, 0.15) is 5.82 Å². The van der Waals surface area contributed by atoms with E-state index in [9.17, 15) is 4.39 Å². The molecule has 1 aliphatic rings. The Hall–Kier alpha value is -0.510. The molecule has 2 rings (SSSR count). The van der Waals surface area contributed by atoms with Crippen molar-refractivity contribution in [2.75, 3.05) is 18.0 Å². The topological polar surface area (TPSA) is 15.3 Å². The molecule has 1 N–H and O–H groups in total. The summed E-state index contributed by atoms with van der Waals surface area (Å²) in [6.07, 6.45) is 2.04. The van der Waals surface area contributed by atoms with Crippen LogP contribution in [0.3, 0.4) is 0 Å². The molecule has 0 aromatic heterocycles. The third-order valence-corrected chi connectivity index (χ3v) is 4.31. The van der Waals surface area contributed by atoms with Gasteiger partial charge >= 0.3 is 0 Å². The lowest BCUT2D eigenvalue weighted by Gasteiger charge is -2.42. The van der Waals surface area contributed by atoms with Gasteiger partial charge < -0.3 is 10.2 Å². The number of piperazine rings is 1. The second-order valence-corrected chi connectivity index (χ2v) is 5.76. The van der Waals surface area contributed by atoms with Gasteiger partial charge in [-0.3, -0.25) is 0 Å². The van der Waals surface area contributed by atoms with Gasteiger partial charge in [-0.1, -0.05) is 37.0 Å². The number of nitrogens with one attached hydrogen (secondary N) is 1. The zero-order chi connectivity index (χ0) is 14.0. The summed E-state index contributed by atoms with van der Waals surface area (Å²) in [6, 6.07) is 3.42. The number of benzene rings is 1. The minimum atomic E-state index is -0.394. The fourth-order valence-electron chi connectivity index (χ4n) is 2.58. The standard InChI is InChI=1S/C14H19Cl2FN2/c1-3-10-8-19(11(4-2)7-18-10)14-12(15)5-9(17)6-13(14)16/h5-6,10-11,18H,3-4,7-8H2,1-2H3. The van der Waals surface area contributed by atoms with Gasteiger partial charge in [0.2, 0.25) is 0 Å². The second-order valence-electron chi connectivity index (χ2n) is 4.95. The van der Waals surface area contributed by atoms with E-state index in [1.165, 1.54) is 12.1 Å². The summed E-state index contributed by atoms with van der Waals surface area (Å²) in [5, 5.41) is 4.30. The van der Waals surface area contributed by atoms with Gasteiger partial charge in [0.05, 0.1) is 15.7 Å². The molecular formula is C14H19Cl2FN2. The molecule has 0 saturated carbocycles. The van der Waals surface area contributed by atoms with Crippen molar-refractivity contribution in [1.82, 2.24) is 5.32 Å². The van der Waals surface area contributed by atoms with E-state index >= 15 is 0 Å². The largest absolute Gasteiger partial charge is 0.363 e. The first-order valence-electron chi connectivity index (χ1n) is 6.71. The Bertz CT molecular complexity index is 430. The molecule has 5 heteroatoms. The highest BCUT2D eigenvalue weighted by atomic mass is 35.5. The van der Waals surface area contributed by atoms with Gasteiger partial charge in [-0.25, -0.2) is 4.39 Å². The zero-order valence-corrected chi connectivity index (χ0v) is 12.7. The van der Waals surface area contributed by atoms with E-state index in [0.29, 0.717) is 22.1 Å². The van der Waals surface area contributed by atoms with E-state index in [2.05, 4.69) is 24.1 Å². The minimum Gasteiger partial charge on any atom is -0.363 e. The Morgan fingerprint density at radius 2 is 1.89 bits per heavy atom. The molecule has 0 radical (unpaired) electrons. The average molecular weight is 305 g/mol. The molecular weight excluding hydrogens is 286 g/mol. The smallest absolute Gasteiger partial charge is 0.126 e. The van der Waals surface area contributed by atoms with Crippen LogP contribution in [0.25, 0.3) is 0 Å². The van der Waals surface area contributed by atoms with Crippen LogP contribution >= 0.6 is 23.2 Å². The minimum absolute atomic E-state index is 0.336. The van der Waals surface area contributed by atoms with Crippen molar-refractivity contribution in [3.63, 3.8) is 0 Å². The summed E-state index contributed by atoms with van der Waals surface area (Å²) in [4.78, 5) is 2.22.